The maximum absolute atomic E-state index is 10.2. The van der Waals surface area contributed by atoms with Gasteiger partial charge in [-0.05, 0) is 54.8 Å². The molecule has 14 heavy (non-hydrogen) atoms. The lowest BCUT2D eigenvalue weighted by Gasteiger charge is -2.26. The van der Waals surface area contributed by atoms with Crippen LogP contribution in [0.5, 0.6) is 0 Å². The van der Waals surface area contributed by atoms with Gasteiger partial charge in [0.25, 0.3) is 0 Å². The Kier molecular flexibility index (Phi) is 0.992. The van der Waals surface area contributed by atoms with Crippen LogP contribution in [0.4, 0.5) is 0 Å². The quantitative estimate of drug-likeness (QED) is 0.582. The second-order valence-electron chi connectivity index (χ2n) is 6.23. The summed E-state index contributed by atoms with van der Waals surface area (Å²) in [7, 11) is 0. The van der Waals surface area contributed by atoms with Crippen molar-refractivity contribution in [3.8, 4) is 0 Å². The maximum atomic E-state index is 10.2. The molecule has 76 valence electrons. The first-order valence-electron chi connectivity index (χ1n) is 6.18. The molecule has 0 aromatic rings. The van der Waals surface area contributed by atoms with E-state index in [1.807, 2.05) is 0 Å². The van der Waals surface area contributed by atoms with E-state index < -0.39 is 0 Å². The summed E-state index contributed by atoms with van der Waals surface area (Å²) in [5.41, 5.74) is 0. The molecule has 1 saturated heterocycles. The highest BCUT2D eigenvalue weighted by Gasteiger charge is 2.70. The molecule has 5 rings (SSSR count). The first-order chi connectivity index (χ1) is 6.84. The number of hydrogen-bond donors (Lipinski definition) is 1. The molecule has 2 bridgehead atoms. The van der Waals surface area contributed by atoms with E-state index in [1.54, 1.807) is 0 Å². The van der Waals surface area contributed by atoms with Gasteiger partial charge in [0.15, 0.2) is 0 Å². The van der Waals surface area contributed by atoms with Crippen LogP contribution in [0.3, 0.4) is 0 Å². The molecule has 0 amide bonds. The van der Waals surface area contributed by atoms with Gasteiger partial charge in [-0.25, -0.2) is 0 Å². The number of fused-ring (bicyclic) bond motifs is 9. The predicted octanol–water partition coefficient (Wildman–Crippen LogP) is 1.04. The van der Waals surface area contributed by atoms with Gasteiger partial charge < -0.3 is 9.84 Å². The lowest BCUT2D eigenvalue weighted by Crippen LogP contribution is -2.29. The van der Waals surface area contributed by atoms with Crippen LogP contribution >= 0.6 is 0 Å². The van der Waals surface area contributed by atoms with Crippen LogP contribution in [0.15, 0.2) is 0 Å². The Hall–Kier alpha value is -0.0800. The van der Waals surface area contributed by atoms with E-state index in [4.69, 9.17) is 4.74 Å². The summed E-state index contributed by atoms with van der Waals surface area (Å²) in [6, 6.07) is 0. The summed E-state index contributed by atoms with van der Waals surface area (Å²) < 4.78 is 5.70. The van der Waals surface area contributed by atoms with Gasteiger partial charge in [0.2, 0.25) is 0 Å². The smallest absolute Gasteiger partial charge is 0.0875 e. The minimum atomic E-state index is 0.0590. The fraction of sp³-hybridized carbons (Fsp3) is 1.00. The molecule has 4 saturated carbocycles. The molecule has 2 nitrogen and oxygen atoms in total. The standard InChI is InChI=1S/C12H16O2/c13-11-7-1-4(7)5-2-8(11)6-3-9-12(14-9)10(5)6/h4-13H,1-3H2. The van der Waals surface area contributed by atoms with Gasteiger partial charge in [-0.15, -0.1) is 0 Å². The fourth-order valence-electron chi connectivity index (χ4n) is 5.31. The minimum Gasteiger partial charge on any atom is -0.393 e. The van der Waals surface area contributed by atoms with Crippen molar-refractivity contribution in [2.24, 2.45) is 35.5 Å². The summed E-state index contributed by atoms with van der Waals surface area (Å²) in [4.78, 5) is 0. The number of hydrogen-bond acceptors (Lipinski definition) is 2. The van der Waals surface area contributed by atoms with E-state index >= 15 is 0 Å². The molecule has 5 aliphatic rings. The zero-order valence-electron chi connectivity index (χ0n) is 8.17. The lowest BCUT2D eigenvalue weighted by atomic mass is 9.83. The molecule has 9 unspecified atom stereocenters. The highest BCUT2D eigenvalue weighted by Crippen LogP contribution is 2.70. The van der Waals surface area contributed by atoms with Crippen LogP contribution in [0.1, 0.15) is 19.3 Å². The first kappa shape index (κ1) is 7.24. The summed E-state index contributed by atoms with van der Waals surface area (Å²) in [5.74, 6) is 4.88. The Morgan fingerprint density at radius 1 is 0.857 bits per heavy atom. The first-order valence-corrected chi connectivity index (χ1v) is 6.18. The number of aliphatic hydroxyl groups is 1. The molecule has 5 fully saturated rings. The topological polar surface area (TPSA) is 32.8 Å². The molecular formula is C12H16O2. The molecule has 1 N–H and O–H groups in total. The second-order valence-corrected chi connectivity index (χ2v) is 6.23. The normalized spacial score (nSPS) is 76.5. The van der Waals surface area contributed by atoms with Crippen molar-refractivity contribution in [3.63, 3.8) is 0 Å². The lowest BCUT2D eigenvalue weighted by molar-refractivity contribution is 0.0435. The minimum absolute atomic E-state index is 0.0590. The van der Waals surface area contributed by atoms with Gasteiger partial charge >= 0.3 is 0 Å². The van der Waals surface area contributed by atoms with Crippen LogP contribution in [-0.2, 0) is 4.74 Å². The average Bonchev–Trinajstić information content (AvgIpc) is 3.05. The number of rotatable bonds is 0. The molecule has 9 atom stereocenters. The Bertz CT molecular complexity index is 313. The molecule has 0 radical (unpaired) electrons. The fourth-order valence-corrected chi connectivity index (χ4v) is 5.31. The number of aliphatic hydroxyl groups excluding tert-OH is 1. The second kappa shape index (κ2) is 1.92. The molecule has 0 spiro atoms. The molecule has 4 aliphatic carbocycles. The van der Waals surface area contributed by atoms with Crippen LogP contribution < -0.4 is 0 Å². The van der Waals surface area contributed by atoms with Gasteiger partial charge in [-0.1, -0.05) is 0 Å². The Morgan fingerprint density at radius 3 is 2.50 bits per heavy atom. The molecular weight excluding hydrogens is 176 g/mol. The van der Waals surface area contributed by atoms with Gasteiger partial charge in [-0.2, -0.15) is 0 Å². The maximum Gasteiger partial charge on any atom is 0.0875 e. The Balaban J connectivity index is 1.61. The summed E-state index contributed by atoms with van der Waals surface area (Å²) >= 11 is 0. The van der Waals surface area contributed by atoms with Crippen molar-refractivity contribution in [2.45, 2.75) is 37.6 Å². The van der Waals surface area contributed by atoms with Gasteiger partial charge in [0, 0.05) is 0 Å². The molecule has 1 heterocycles. The predicted molar refractivity (Wildman–Crippen MR) is 49.5 cm³/mol. The zero-order valence-corrected chi connectivity index (χ0v) is 8.17. The zero-order chi connectivity index (χ0) is 9.02. The van der Waals surface area contributed by atoms with Gasteiger partial charge in [0.05, 0.1) is 18.3 Å². The molecule has 0 aromatic heterocycles. The molecule has 2 heteroatoms. The Labute approximate surface area is 83.6 Å². The van der Waals surface area contributed by atoms with Crippen LogP contribution in [0.25, 0.3) is 0 Å². The van der Waals surface area contributed by atoms with Crippen molar-refractivity contribution < 1.29 is 9.84 Å². The van der Waals surface area contributed by atoms with E-state index in [9.17, 15) is 5.11 Å². The van der Waals surface area contributed by atoms with Crippen molar-refractivity contribution in [1.82, 2.24) is 0 Å². The van der Waals surface area contributed by atoms with Crippen LogP contribution in [0.2, 0.25) is 0 Å². The highest BCUT2D eigenvalue weighted by atomic mass is 16.6. The van der Waals surface area contributed by atoms with Crippen LogP contribution in [-0.4, -0.2) is 23.4 Å². The third-order valence-electron chi connectivity index (χ3n) is 5.91. The van der Waals surface area contributed by atoms with E-state index in [0.717, 1.165) is 23.7 Å². The monoisotopic (exact) mass is 192 g/mol. The van der Waals surface area contributed by atoms with Gasteiger partial charge in [-0.3, -0.25) is 0 Å². The number of ether oxygens (including phenoxy) is 1. The Morgan fingerprint density at radius 2 is 1.57 bits per heavy atom. The third kappa shape index (κ3) is 0.619. The number of epoxide rings is 1. The van der Waals surface area contributed by atoms with E-state index in [1.165, 1.54) is 19.3 Å². The summed E-state index contributed by atoms with van der Waals surface area (Å²) in [6.07, 6.45) is 5.21. The average molecular weight is 192 g/mol. The van der Waals surface area contributed by atoms with E-state index in [0.29, 0.717) is 24.0 Å². The van der Waals surface area contributed by atoms with Crippen molar-refractivity contribution >= 4 is 0 Å². The van der Waals surface area contributed by atoms with E-state index in [2.05, 4.69) is 0 Å². The van der Waals surface area contributed by atoms with Crippen molar-refractivity contribution in [2.75, 3.05) is 0 Å². The van der Waals surface area contributed by atoms with Gasteiger partial charge in [0.1, 0.15) is 0 Å². The largest absolute Gasteiger partial charge is 0.393 e. The summed E-state index contributed by atoms with van der Waals surface area (Å²) in [5, 5.41) is 10.2. The SMILES string of the molecule is OC1C2CC2C2CC1C1CC3OC3C12. The van der Waals surface area contributed by atoms with Crippen molar-refractivity contribution in [3.05, 3.63) is 0 Å². The molecule has 1 aliphatic heterocycles. The third-order valence-corrected chi connectivity index (χ3v) is 5.91. The van der Waals surface area contributed by atoms with E-state index in [-0.39, 0.29) is 6.10 Å². The molecule has 0 aromatic carbocycles. The van der Waals surface area contributed by atoms with Crippen molar-refractivity contribution in [1.29, 1.82) is 0 Å². The highest BCUT2D eigenvalue weighted by molar-refractivity contribution is 5.18. The summed E-state index contributed by atoms with van der Waals surface area (Å²) in [6.45, 7) is 0. The van der Waals surface area contributed by atoms with Crippen LogP contribution in [0, 0.1) is 35.5 Å².